The van der Waals surface area contributed by atoms with Crippen LogP contribution in [0.15, 0.2) is 65.6 Å². The average molecular weight is 215 g/mol. The van der Waals surface area contributed by atoms with Crippen LogP contribution in [0.5, 0.6) is 0 Å². The number of anilines is 1. The Hall–Kier alpha value is -1.41. The summed E-state index contributed by atoms with van der Waals surface area (Å²) in [6, 6.07) is 8.40. The Bertz CT molecular complexity index is 420. The molecule has 1 aromatic carbocycles. The predicted octanol–water partition coefficient (Wildman–Crippen LogP) is 3.81. The van der Waals surface area contributed by atoms with Crippen molar-refractivity contribution >= 4 is 17.4 Å². The molecule has 0 atom stereocenters. The number of fused-ring (bicyclic) bond motifs is 1. The lowest BCUT2D eigenvalue weighted by atomic mass is 10.3. The van der Waals surface area contributed by atoms with Crippen LogP contribution in [0.3, 0.4) is 0 Å². The van der Waals surface area contributed by atoms with E-state index in [0.717, 1.165) is 6.54 Å². The number of thioether (sulfide) groups is 1. The van der Waals surface area contributed by atoms with Crippen molar-refractivity contribution < 1.29 is 0 Å². The highest BCUT2D eigenvalue weighted by Crippen LogP contribution is 2.45. The van der Waals surface area contributed by atoms with Gasteiger partial charge in [0.15, 0.2) is 0 Å². The Kier molecular flexibility index (Phi) is 2.97. The monoisotopic (exact) mass is 215 g/mol. The van der Waals surface area contributed by atoms with Gasteiger partial charge in [-0.2, -0.15) is 0 Å². The fourth-order valence-corrected chi connectivity index (χ4v) is 2.70. The second-order valence-electron chi connectivity index (χ2n) is 3.21. The summed E-state index contributed by atoms with van der Waals surface area (Å²) in [7, 11) is 0. The Morgan fingerprint density at radius 1 is 1.27 bits per heavy atom. The number of benzene rings is 1. The third-order valence-electron chi connectivity index (χ3n) is 2.21. The Balaban J connectivity index is 2.41. The maximum atomic E-state index is 3.79. The molecule has 0 bridgehead atoms. The van der Waals surface area contributed by atoms with E-state index >= 15 is 0 Å². The Morgan fingerprint density at radius 2 is 2.07 bits per heavy atom. The molecule has 0 fully saturated rings. The molecule has 2 heteroatoms. The van der Waals surface area contributed by atoms with Gasteiger partial charge in [-0.05, 0) is 18.2 Å². The Labute approximate surface area is 94.8 Å². The molecule has 1 aliphatic heterocycles. The van der Waals surface area contributed by atoms with Crippen LogP contribution in [0.4, 0.5) is 5.69 Å². The minimum atomic E-state index is 0.837. The molecule has 0 saturated carbocycles. The second-order valence-corrected chi connectivity index (χ2v) is 4.27. The first-order chi connectivity index (χ1) is 7.36. The second kappa shape index (κ2) is 4.41. The van der Waals surface area contributed by atoms with E-state index in [1.54, 1.807) is 11.8 Å². The third kappa shape index (κ3) is 1.85. The molecule has 2 rings (SSSR count). The van der Waals surface area contributed by atoms with Crippen LogP contribution in [-0.4, -0.2) is 6.54 Å². The lowest BCUT2D eigenvalue weighted by Crippen LogP contribution is -2.16. The molecule has 0 aliphatic carbocycles. The van der Waals surface area contributed by atoms with Crippen molar-refractivity contribution in [3.05, 3.63) is 60.7 Å². The van der Waals surface area contributed by atoms with Crippen molar-refractivity contribution in [3.63, 3.8) is 0 Å². The molecule has 1 heterocycles. The summed E-state index contributed by atoms with van der Waals surface area (Å²) in [5.41, 5.74) is 1.26. The molecule has 1 nitrogen and oxygen atoms in total. The summed E-state index contributed by atoms with van der Waals surface area (Å²) in [5.74, 6) is 0. The molecule has 0 unspecified atom stereocenters. The van der Waals surface area contributed by atoms with Gasteiger partial charge in [-0.15, -0.1) is 6.58 Å². The van der Waals surface area contributed by atoms with Crippen molar-refractivity contribution in [1.82, 2.24) is 0 Å². The largest absolute Gasteiger partial charge is 0.331 e. The van der Waals surface area contributed by atoms with Crippen LogP contribution in [0.2, 0.25) is 0 Å². The van der Waals surface area contributed by atoms with Crippen molar-refractivity contribution in [1.29, 1.82) is 0 Å². The van der Waals surface area contributed by atoms with E-state index in [2.05, 4.69) is 42.3 Å². The van der Waals surface area contributed by atoms with Crippen LogP contribution >= 0.6 is 11.8 Å². The summed E-state index contributed by atoms with van der Waals surface area (Å²) in [4.78, 5) is 3.54. The summed E-state index contributed by atoms with van der Waals surface area (Å²) < 4.78 is 0. The standard InChI is InChI=1S/C13H13NS/c1-3-7-13-14(10-4-2)11-8-5-6-9-12(11)15-13/h3-9H,1-2,10H2. The van der Waals surface area contributed by atoms with Crippen LogP contribution in [-0.2, 0) is 0 Å². The molecule has 76 valence electrons. The van der Waals surface area contributed by atoms with Gasteiger partial charge in [-0.3, -0.25) is 0 Å². The number of hydrogen-bond acceptors (Lipinski definition) is 2. The van der Waals surface area contributed by atoms with Gasteiger partial charge in [0.05, 0.1) is 10.7 Å². The van der Waals surface area contributed by atoms with Gasteiger partial charge in [0.2, 0.25) is 0 Å². The van der Waals surface area contributed by atoms with E-state index in [1.165, 1.54) is 15.6 Å². The molecule has 1 aliphatic rings. The number of nitrogens with zero attached hydrogens (tertiary/aromatic N) is 1. The van der Waals surface area contributed by atoms with Crippen LogP contribution < -0.4 is 4.90 Å². The maximum Gasteiger partial charge on any atom is 0.0804 e. The van der Waals surface area contributed by atoms with E-state index in [-0.39, 0.29) is 0 Å². The molecular formula is C13H13NS. The van der Waals surface area contributed by atoms with Crippen molar-refractivity contribution in [2.45, 2.75) is 4.90 Å². The van der Waals surface area contributed by atoms with Crippen LogP contribution in [0, 0.1) is 0 Å². The average Bonchev–Trinajstić information content (AvgIpc) is 2.59. The summed E-state index contributed by atoms with van der Waals surface area (Å²) in [6.07, 6.45) is 5.78. The quantitative estimate of drug-likeness (QED) is 0.705. The van der Waals surface area contributed by atoms with Gasteiger partial charge in [0.1, 0.15) is 0 Å². The lowest BCUT2D eigenvalue weighted by Gasteiger charge is -2.17. The van der Waals surface area contributed by atoms with Gasteiger partial charge in [0, 0.05) is 11.4 Å². The molecule has 1 aromatic rings. The summed E-state index contributed by atoms with van der Waals surface area (Å²) in [6.45, 7) is 8.36. The lowest BCUT2D eigenvalue weighted by molar-refractivity contribution is 1.07. The minimum absolute atomic E-state index is 0.837. The SMILES string of the molecule is C=CC=C1Sc2ccccc2N1CC=C. The molecule has 0 aromatic heterocycles. The zero-order valence-corrected chi connectivity index (χ0v) is 9.33. The highest BCUT2D eigenvalue weighted by molar-refractivity contribution is 8.03. The number of para-hydroxylation sites is 1. The van der Waals surface area contributed by atoms with E-state index in [0.29, 0.717) is 0 Å². The highest BCUT2D eigenvalue weighted by atomic mass is 32.2. The van der Waals surface area contributed by atoms with Gasteiger partial charge < -0.3 is 4.90 Å². The molecule has 0 spiro atoms. The van der Waals surface area contributed by atoms with Crippen molar-refractivity contribution in [2.75, 3.05) is 11.4 Å². The minimum Gasteiger partial charge on any atom is -0.331 e. The first kappa shape index (κ1) is 10.1. The predicted molar refractivity (Wildman–Crippen MR) is 68.1 cm³/mol. The first-order valence-corrected chi connectivity index (χ1v) is 5.66. The Morgan fingerprint density at radius 3 is 2.80 bits per heavy atom. The van der Waals surface area contributed by atoms with E-state index < -0.39 is 0 Å². The number of allylic oxidation sites excluding steroid dienone is 2. The normalized spacial score (nSPS) is 16.5. The fourth-order valence-electron chi connectivity index (χ4n) is 1.60. The van der Waals surface area contributed by atoms with Crippen molar-refractivity contribution in [3.8, 4) is 0 Å². The maximum absolute atomic E-state index is 3.79. The van der Waals surface area contributed by atoms with Crippen LogP contribution in [0.25, 0.3) is 0 Å². The number of rotatable bonds is 3. The van der Waals surface area contributed by atoms with Gasteiger partial charge in [0.25, 0.3) is 0 Å². The third-order valence-corrected chi connectivity index (χ3v) is 3.34. The molecule has 0 amide bonds. The fraction of sp³-hybridized carbons (Fsp3) is 0.0769. The number of hydrogen-bond donors (Lipinski definition) is 0. The zero-order valence-electron chi connectivity index (χ0n) is 8.52. The van der Waals surface area contributed by atoms with E-state index in [9.17, 15) is 0 Å². The summed E-state index contributed by atoms with van der Waals surface area (Å²) in [5, 5.41) is 1.21. The zero-order chi connectivity index (χ0) is 10.7. The molecular weight excluding hydrogens is 202 g/mol. The highest BCUT2D eigenvalue weighted by Gasteiger charge is 2.22. The first-order valence-electron chi connectivity index (χ1n) is 4.85. The molecule has 0 radical (unpaired) electrons. The molecule has 0 N–H and O–H groups in total. The van der Waals surface area contributed by atoms with Gasteiger partial charge in [-0.25, -0.2) is 0 Å². The smallest absolute Gasteiger partial charge is 0.0804 e. The van der Waals surface area contributed by atoms with Crippen LogP contribution in [0.1, 0.15) is 0 Å². The van der Waals surface area contributed by atoms with Crippen molar-refractivity contribution in [2.24, 2.45) is 0 Å². The van der Waals surface area contributed by atoms with E-state index in [4.69, 9.17) is 0 Å². The molecule has 0 saturated heterocycles. The topological polar surface area (TPSA) is 3.24 Å². The van der Waals surface area contributed by atoms with Gasteiger partial charge in [-0.1, -0.05) is 42.6 Å². The van der Waals surface area contributed by atoms with Gasteiger partial charge >= 0.3 is 0 Å². The molecule has 15 heavy (non-hydrogen) atoms. The van der Waals surface area contributed by atoms with E-state index in [1.807, 2.05) is 18.2 Å². The summed E-state index contributed by atoms with van der Waals surface area (Å²) >= 11 is 1.78.